The van der Waals surface area contributed by atoms with E-state index in [1.54, 1.807) is 6.92 Å². The Hall–Kier alpha value is -4.16. The summed E-state index contributed by atoms with van der Waals surface area (Å²) in [4.78, 5) is 24.3. The van der Waals surface area contributed by atoms with Crippen LogP contribution in [-0.4, -0.2) is 66.1 Å². The van der Waals surface area contributed by atoms with Crippen molar-refractivity contribution < 1.29 is 32.9 Å². The number of pyridine rings is 1. The molecule has 0 amide bonds. The number of sulfonamides is 1. The number of aromatic hydroxyl groups is 1. The van der Waals surface area contributed by atoms with Crippen LogP contribution in [0.5, 0.6) is 5.88 Å². The second-order valence-corrected chi connectivity index (χ2v) is 11.6. The van der Waals surface area contributed by atoms with Crippen molar-refractivity contribution in [2.75, 3.05) is 26.3 Å². The van der Waals surface area contributed by atoms with Crippen molar-refractivity contribution in [1.29, 1.82) is 5.26 Å². The van der Waals surface area contributed by atoms with E-state index < -0.39 is 33.7 Å². The number of benzene rings is 1. The molecule has 14 heteroatoms. The van der Waals surface area contributed by atoms with Crippen LogP contribution >= 0.6 is 0 Å². The first-order chi connectivity index (χ1) is 20.3. The van der Waals surface area contributed by atoms with Gasteiger partial charge in [-0.3, -0.25) is 9.36 Å². The lowest BCUT2D eigenvalue weighted by Crippen LogP contribution is -2.37. The molecular formula is C29H37N5O8S. The molecule has 0 saturated heterocycles. The fourth-order valence-corrected chi connectivity index (χ4v) is 5.05. The molecule has 2 N–H and O–H groups in total. The van der Waals surface area contributed by atoms with Gasteiger partial charge in [0.15, 0.2) is 12.0 Å². The van der Waals surface area contributed by atoms with E-state index in [1.165, 1.54) is 38.1 Å². The van der Waals surface area contributed by atoms with E-state index in [0.29, 0.717) is 12.0 Å². The highest BCUT2D eigenvalue weighted by atomic mass is 32.2. The molecule has 1 atom stereocenters. The van der Waals surface area contributed by atoms with Crippen molar-refractivity contribution in [2.45, 2.75) is 58.3 Å². The van der Waals surface area contributed by atoms with Gasteiger partial charge in [-0.25, -0.2) is 13.2 Å². The van der Waals surface area contributed by atoms with Crippen molar-refractivity contribution in [1.82, 2.24) is 8.87 Å². The van der Waals surface area contributed by atoms with Gasteiger partial charge >= 0.3 is 5.97 Å². The Labute approximate surface area is 251 Å². The topological polar surface area (TPSA) is 184 Å². The van der Waals surface area contributed by atoms with Crippen LogP contribution in [0.1, 0.15) is 44.7 Å². The standard InChI is InChI=1S/C29H37N5O8S/c1-7-8-13-34-26(35)24(18-30)21(6)25(27(34)36)32-31-22-9-11-23(12-10-22)43(39,40)33(14-16-41-28(37)19(2)3)15-17-42-29(38)20(4)5/h9-12,28,36-37H,2,4,7-8,13-17H2,1,3,5-6H3/b32-31+. The molecule has 0 radical (unpaired) electrons. The normalized spacial score (nSPS) is 12.3. The number of carbonyl (C=O) groups excluding carboxylic acids is 1. The highest BCUT2D eigenvalue weighted by Gasteiger charge is 2.25. The van der Waals surface area contributed by atoms with Crippen LogP contribution in [0, 0.1) is 18.3 Å². The van der Waals surface area contributed by atoms with Crippen molar-refractivity contribution in [3.63, 3.8) is 0 Å². The van der Waals surface area contributed by atoms with E-state index in [0.717, 1.165) is 15.3 Å². The summed E-state index contributed by atoms with van der Waals surface area (Å²) in [5.41, 5.74) is 0.105. The van der Waals surface area contributed by atoms with Crippen LogP contribution in [0.15, 0.2) is 68.5 Å². The van der Waals surface area contributed by atoms with Gasteiger partial charge in [0, 0.05) is 30.8 Å². The predicted molar refractivity (Wildman–Crippen MR) is 159 cm³/mol. The summed E-state index contributed by atoms with van der Waals surface area (Å²) in [5, 5.41) is 38.2. The van der Waals surface area contributed by atoms with Crippen LogP contribution in [-0.2, 0) is 30.8 Å². The van der Waals surface area contributed by atoms with Gasteiger partial charge in [-0.2, -0.15) is 14.7 Å². The molecule has 0 bridgehead atoms. The molecule has 43 heavy (non-hydrogen) atoms. The highest BCUT2D eigenvalue weighted by molar-refractivity contribution is 7.89. The summed E-state index contributed by atoms with van der Waals surface area (Å²) >= 11 is 0. The summed E-state index contributed by atoms with van der Waals surface area (Å²) in [5.74, 6) is -1.08. The predicted octanol–water partition coefficient (Wildman–Crippen LogP) is 3.97. The summed E-state index contributed by atoms with van der Waals surface area (Å²) in [6.45, 7) is 12.9. The van der Waals surface area contributed by atoms with Gasteiger partial charge in [0.05, 0.1) is 17.2 Å². The van der Waals surface area contributed by atoms with Crippen LogP contribution in [0.3, 0.4) is 0 Å². The zero-order valence-corrected chi connectivity index (χ0v) is 25.6. The molecule has 2 aromatic rings. The van der Waals surface area contributed by atoms with Crippen molar-refractivity contribution in [3.05, 3.63) is 70.1 Å². The van der Waals surface area contributed by atoms with Crippen LogP contribution in [0.2, 0.25) is 0 Å². The van der Waals surface area contributed by atoms with E-state index in [-0.39, 0.29) is 65.8 Å². The Balaban J connectivity index is 2.34. The fourth-order valence-electron chi connectivity index (χ4n) is 3.65. The number of nitrogens with zero attached hydrogens (tertiary/aromatic N) is 5. The number of ether oxygens (including phenoxy) is 2. The molecule has 232 valence electrons. The highest BCUT2D eigenvalue weighted by Crippen LogP contribution is 2.32. The average molecular weight is 616 g/mol. The van der Waals surface area contributed by atoms with Gasteiger partial charge in [-0.1, -0.05) is 26.5 Å². The quantitative estimate of drug-likeness (QED) is 0.0927. The van der Waals surface area contributed by atoms with E-state index in [4.69, 9.17) is 9.47 Å². The van der Waals surface area contributed by atoms with Crippen molar-refractivity contribution >= 4 is 27.4 Å². The third-order valence-corrected chi connectivity index (χ3v) is 8.12. The third kappa shape index (κ3) is 9.16. The molecule has 1 aromatic carbocycles. The smallest absolute Gasteiger partial charge is 0.333 e. The number of nitriles is 1. The Kier molecular flexibility index (Phi) is 13.0. The maximum Gasteiger partial charge on any atom is 0.333 e. The number of esters is 1. The first kappa shape index (κ1) is 35.0. The van der Waals surface area contributed by atoms with Crippen LogP contribution < -0.4 is 5.56 Å². The number of aliphatic hydroxyl groups excluding tert-OH is 1. The Morgan fingerprint density at radius 1 is 1.16 bits per heavy atom. The van der Waals surface area contributed by atoms with Gasteiger partial charge in [0.1, 0.15) is 18.2 Å². The van der Waals surface area contributed by atoms with E-state index >= 15 is 0 Å². The Morgan fingerprint density at radius 3 is 2.35 bits per heavy atom. The maximum atomic E-state index is 13.4. The fraction of sp³-hybridized carbons (Fsp3) is 0.414. The second-order valence-electron chi connectivity index (χ2n) is 9.68. The number of hydrogen-bond acceptors (Lipinski definition) is 11. The molecule has 1 unspecified atom stereocenters. The van der Waals surface area contributed by atoms with Crippen molar-refractivity contribution in [2.24, 2.45) is 10.2 Å². The Bertz CT molecular complexity index is 1570. The maximum absolute atomic E-state index is 13.4. The minimum absolute atomic E-state index is 0.0450. The van der Waals surface area contributed by atoms with Crippen molar-refractivity contribution in [3.8, 4) is 11.9 Å². The number of aromatic nitrogens is 1. The molecule has 13 nitrogen and oxygen atoms in total. The number of rotatable bonds is 16. The average Bonchev–Trinajstić information content (AvgIpc) is 2.96. The van der Waals surface area contributed by atoms with Crippen LogP contribution in [0.25, 0.3) is 0 Å². The Morgan fingerprint density at radius 2 is 1.79 bits per heavy atom. The molecule has 0 saturated carbocycles. The van der Waals surface area contributed by atoms with Crippen LogP contribution in [0.4, 0.5) is 11.4 Å². The molecule has 1 aromatic heterocycles. The minimum atomic E-state index is -4.11. The molecule has 2 rings (SSSR count). The number of unbranched alkanes of at least 4 members (excludes halogenated alkanes) is 1. The van der Waals surface area contributed by atoms with Gasteiger partial charge < -0.3 is 19.7 Å². The molecule has 0 spiro atoms. The number of hydrogen-bond donors (Lipinski definition) is 2. The summed E-state index contributed by atoms with van der Waals surface area (Å²) in [6, 6.07) is 7.24. The lowest BCUT2D eigenvalue weighted by molar-refractivity contribution is -0.139. The lowest BCUT2D eigenvalue weighted by atomic mass is 10.1. The summed E-state index contributed by atoms with van der Waals surface area (Å²) in [6.07, 6.45) is 0.0876. The molecule has 0 aliphatic heterocycles. The first-order valence-corrected chi connectivity index (χ1v) is 14.9. The molecule has 0 fully saturated rings. The van der Waals surface area contributed by atoms with Gasteiger partial charge in [0.25, 0.3) is 5.56 Å². The number of carbonyl (C=O) groups is 1. The lowest BCUT2D eigenvalue weighted by Gasteiger charge is -2.23. The van der Waals surface area contributed by atoms with E-state index in [1.807, 2.05) is 13.0 Å². The molecule has 0 aliphatic rings. The van der Waals surface area contributed by atoms with E-state index in [9.17, 15) is 33.5 Å². The number of aliphatic hydroxyl groups is 1. The largest absolute Gasteiger partial charge is 0.493 e. The second kappa shape index (κ2) is 15.9. The molecule has 0 aliphatic carbocycles. The zero-order chi connectivity index (χ0) is 32.3. The third-order valence-electron chi connectivity index (χ3n) is 6.20. The summed E-state index contributed by atoms with van der Waals surface area (Å²) in [7, 11) is -4.11. The monoisotopic (exact) mass is 615 g/mol. The summed E-state index contributed by atoms with van der Waals surface area (Å²) < 4.78 is 39.3. The first-order valence-electron chi connectivity index (χ1n) is 13.4. The SMILES string of the molecule is C=C(C)C(=O)OCCN(CCOC(O)C(=C)C)S(=O)(=O)c1ccc(/N=N/c2c(C)c(C#N)c(=O)n(CCCC)c2O)cc1. The minimum Gasteiger partial charge on any atom is -0.493 e. The number of azo groups is 1. The zero-order valence-electron chi connectivity index (χ0n) is 24.7. The van der Waals surface area contributed by atoms with Gasteiger partial charge in [0.2, 0.25) is 15.9 Å². The molecule has 1 heterocycles. The van der Waals surface area contributed by atoms with Gasteiger partial charge in [-0.05, 0) is 57.0 Å². The molecular weight excluding hydrogens is 578 g/mol. The van der Waals surface area contributed by atoms with E-state index in [2.05, 4.69) is 23.4 Å². The van der Waals surface area contributed by atoms with Gasteiger partial charge in [-0.15, -0.1) is 5.11 Å².